The molecule has 0 amide bonds. The lowest BCUT2D eigenvalue weighted by Gasteiger charge is -2.24. The monoisotopic (exact) mass is 266 g/mol. The number of hydrogen-bond donors (Lipinski definition) is 0. The fraction of sp³-hybridized carbons (Fsp3) is 0.444. The van der Waals surface area contributed by atoms with E-state index in [0.29, 0.717) is 0 Å². The Balaban J connectivity index is 2.48. The Hall–Kier alpha value is -1.37. The van der Waals surface area contributed by atoms with Gasteiger partial charge in [-0.3, -0.25) is 0 Å². The number of nitrogens with zero attached hydrogens (tertiary/aromatic N) is 2. The van der Waals surface area contributed by atoms with Crippen LogP contribution in [0.25, 0.3) is 0 Å². The van der Waals surface area contributed by atoms with Gasteiger partial charge in [0.05, 0.1) is 6.42 Å². The molecule has 1 aromatic rings. The summed E-state index contributed by atoms with van der Waals surface area (Å²) in [5.74, 6) is -0.872. The molecule has 1 aliphatic rings. The summed E-state index contributed by atoms with van der Waals surface area (Å²) in [4.78, 5) is 18.6. The maximum absolute atomic E-state index is 12.4. The van der Waals surface area contributed by atoms with Gasteiger partial charge < -0.3 is 4.74 Å². The van der Waals surface area contributed by atoms with Gasteiger partial charge >= 0.3 is 12.1 Å². The van der Waals surface area contributed by atoms with Crippen molar-refractivity contribution >= 4 is 17.6 Å². The Morgan fingerprint density at radius 1 is 1.53 bits per heavy atom. The van der Waals surface area contributed by atoms with Gasteiger partial charge in [0.1, 0.15) is 11.3 Å². The highest BCUT2D eigenvalue weighted by Gasteiger charge is 2.50. The lowest BCUT2D eigenvalue weighted by atomic mass is 9.97. The molecule has 0 aromatic carbocycles. The van der Waals surface area contributed by atoms with Crippen LogP contribution in [0.2, 0.25) is 5.28 Å². The van der Waals surface area contributed by atoms with Gasteiger partial charge in [-0.2, -0.15) is 13.2 Å². The smallest absolute Gasteiger partial charge is 0.393 e. The molecule has 1 aromatic heterocycles. The molecule has 17 heavy (non-hydrogen) atoms. The van der Waals surface area contributed by atoms with Crippen molar-refractivity contribution in [2.45, 2.75) is 25.1 Å². The minimum atomic E-state index is -4.48. The maximum atomic E-state index is 12.4. The quantitative estimate of drug-likeness (QED) is 0.579. The van der Waals surface area contributed by atoms with Crippen molar-refractivity contribution < 1.29 is 22.7 Å². The standard InChI is InChI=1S/C9H6ClF3N2O2/c1-8(3-9(11,12)13)5-4(6(16)17-8)2-14-7(10)15-5/h2H,3H2,1H3. The van der Waals surface area contributed by atoms with Crippen LogP contribution in [0.1, 0.15) is 29.4 Å². The molecule has 92 valence electrons. The molecule has 2 rings (SSSR count). The number of esters is 1. The molecule has 0 N–H and O–H groups in total. The summed E-state index contributed by atoms with van der Waals surface area (Å²) in [7, 11) is 0. The summed E-state index contributed by atoms with van der Waals surface area (Å²) in [5, 5.41) is -0.226. The zero-order chi connectivity index (χ0) is 12.8. The number of hydrogen-bond acceptors (Lipinski definition) is 4. The van der Waals surface area contributed by atoms with Crippen molar-refractivity contribution in [1.82, 2.24) is 9.97 Å². The molecule has 0 saturated carbocycles. The van der Waals surface area contributed by atoms with Crippen LogP contribution < -0.4 is 0 Å². The first-order valence-corrected chi connectivity index (χ1v) is 4.92. The molecular weight excluding hydrogens is 261 g/mol. The first kappa shape index (κ1) is 12.1. The zero-order valence-corrected chi connectivity index (χ0v) is 9.26. The number of carbonyl (C=O) groups excluding carboxylic acids is 1. The number of alkyl halides is 3. The number of aromatic nitrogens is 2. The summed E-state index contributed by atoms with van der Waals surface area (Å²) in [6, 6.07) is 0. The first-order chi connectivity index (χ1) is 7.71. The molecule has 0 aliphatic carbocycles. The van der Waals surface area contributed by atoms with Gasteiger partial charge in [-0.15, -0.1) is 0 Å². The van der Waals surface area contributed by atoms with Crippen molar-refractivity contribution in [3.63, 3.8) is 0 Å². The van der Waals surface area contributed by atoms with Crippen molar-refractivity contribution in [3.8, 4) is 0 Å². The van der Waals surface area contributed by atoms with Gasteiger partial charge in [0, 0.05) is 6.20 Å². The first-order valence-electron chi connectivity index (χ1n) is 4.54. The van der Waals surface area contributed by atoms with E-state index in [4.69, 9.17) is 16.3 Å². The molecule has 0 fully saturated rings. The molecule has 0 spiro atoms. The second-order valence-corrected chi connectivity index (χ2v) is 4.15. The molecule has 1 aliphatic heterocycles. The van der Waals surface area contributed by atoms with E-state index in [0.717, 1.165) is 13.1 Å². The van der Waals surface area contributed by atoms with Crippen LogP contribution in [0.4, 0.5) is 13.2 Å². The topological polar surface area (TPSA) is 52.1 Å². The Labute approximate surface area is 98.8 Å². The van der Waals surface area contributed by atoms with E-state index in [2.05, 4.69) is 9.97 Å². The third kappa shape index (κ3) is 2.19. The highest BCUT2D eigenvalue weighted by molar-refractivity contribution is 6.28. The number of ether oxygens (including phenoxy) is 1. The van der Waals surface area contributed by atoms with Gasteiger partial charge in [0.2, 0.25) is 5.28 Å². The largest absolute Gasteiger partial charge is 0.449 e. The van der Waals surface area contributed by atoms with Crippen LogP contribution in [0, 0.1) is 0 Å². The van der Waals surface area contributed by atoms with E-state index in [1.165, 1.54) is 0 Å². The molecule has 0 bridgehead atoms. The lowest BCUT2D eigenvalue weighted by molar-refractivity contribution is -0.173. The van der Waals surface area contributed by atoms with Gasteiger partial charge in [-0.1, -0.05) is 0 Å². The second kappa shape index (κ2) is 3.56. The summed E-state index contributed by atoms with van der Waals surface area (Å²) in [6.45, 7) is 1.15. The number of fused-ring (bicyclic) bond motifs is 1. The van der Waals surface area contributed by atoms with Crippen LogP contribution >= 0.6 is 11.6 Å². The van der Waals surface area contributed by atoms with Gasteiger partial charge in [0.15, 0.2) is 5.60 Å². The van der Waals surface area contributed by atoms with E-state index >= 15 is 0 Å². The van der Waals surface area contributed by atoms with Crippen molar-refractivity contribution in [1.29, 1.82) is 0 Å². The predicted octanol–water partition coefficient (Wildman–Crippen LogP) is 2.47. The SMILES string of the molecule is CC1(CC(F)(F)F)OC(=O)c2cnc(Cl)nc21. The molecule has 0 radical (unpaired) electrons. The summed E-state index contributed by atoms with van der Waals surface area (Å²) in [6.07, 6.45) is -4.73. The average Bonchev–Trinajstić information content (AvgIpc) is 2.35. The number of cyclic esters (lactones) is 1. The fourth-order valence-electron chi connectivity index (χ4n) is 1.72. The van der Waals surface area contributed by atoms with Crippen LogP contribution in [0.15, 0.2) is 6.20 Å². The Morgan fingerprint density at radius 2 is 2.18 bits per heavy atom. The summed E-state index contributed by atoms with van der Waals surface area (Å²) < 4.78 is 42.0. The molecule has 2 heterocycles. The normalized spacial score (nSPS) is 23.5. The van der Waals surface area contributed by atoms with Crippen LogP contribution in [-0.4, -0.2) is 22.1 Å². The highest BCUT2D eigenvalue weighted by Crippen LogP contribution is 2.42. The van der Waals surface area contributed by atoms with E-state index < -0.39 is 24.2 Å². The third-order valence-corrected chi connectivity index (χ3v) is 2.52. The van der Waals surface area contributed by atoms with E-state index in [-0.39, 0.29) is 16.5 Å². The minimum Gasteiger partial charge on any atom is -0.449 e. The van der Waals surface area contributed by atoms with Crippen LogP contribution in [0.5, 0.6) is 0 Å². The molecule has 1 unspecified atom stereocenters. The van der Waals surface area contributed by atoms with Crippen LogP contribution in [0.3, 0.4) is 0 Å². The number of rotatable bonds is 1. The van der Waals surface area contributed by atoms with Crippen LogP contribution in [-0.2, 0) is 10.3 Å². The van der Waals surface area contributed by atoms with E-state index in [1.807, 2.05) is 0 Å². The molecule has 0 saturated heterocycles. The molecule has 8 heteroatoms. The fourth-order valence-corrected chi connectivity index (χ4v) is 1.86. The van der Waals surface area contributed by atoms with Crippen molar-refractivity contribution in [2.24, 2.45) is 0 Å². The highest BCUT2D eigenvalue weighted by atomic mass is 35.5. The predicted molar refractivity (Wildman–Crippen MR) is 50.5 cm³/mol. The summed E-state index contributed by atoms with van der Waals surface area (Å²) in [5.41, 5.74) is -2.04. The molecule has 4 nitrogen and oxygen atoms in total. The summed E-state index contributed by atoms with van der Waals surface area (Å²) >= 11 is 5.50. The zero-order valence-electron chi connectivity index (χ0n) is 8.51. The van der Waals surface area contributed by atoms with E-state index in [1.54, 1.807) is 0 Å². The Kier molecular flexibility index (Phi) is 2.53. The van der Waals surface area contributed by atoms with Gasteiger partial charge in [-0.05, 0) is 18.5 Å². The Morgan fingerprint density at radius 3 is 2.76 bits per heavy atom. The maximum Gasteiger partial charge on any atom is 0.393 e. The average molecular weight is 267 g/mol. The lowest BCUT2D eigenvalue weighted by Crippen LogP contribution is -2.30. The van der Waals surface area contributed by atoms with E-state index in [9.17, 15) is 18.0 Å². The Bertz CT molecular complexity index is 492. The minimum absolute atomic E-state index is 0.0823. The number of halogens is 4. The van der Waals surface area contributed by atoms with Gasteiger partial charge in [-0.25, -0.2) is 14.8 Å². The third-order valence-electron chi connectivity index (χ3n) is 2.34. The van der Waals surface area contributed by atoms with Crippen molar-refractivity contribution in [3.05, 3.63) is 22.7 Å². The van der Waals surface area contributed by atoms with Gasteiger partial charge in [0.25, 0.3) is 0 Å². The molecular formula is C9H6ClF3N2O2. The van der Waals surface area contributed by atoms with Crippen molar-refractivity contribution in [2.75, 3.05) is 0 Å². The number of carbonyl (C=O) groups is 1. The molecule has 1 atom stereocenters. The second-order valence-electron chi connectivity index (χ2n) is 3.81.